The number of rotatable bonds is 2. The average molecular weight is 293 g/mol. The molecule has 0 bridgehead atoms. The molecule has 0 aliphatic carbocycles. The molecule has 0 radical (unpaired) electrons. The monoisotopic (exact) mass is 292 g/mol. The third-order valence-corrected chi connectivity index (χ3v) is 3.16. The van der Waals surface area contributed by atoms with Crippen LogP contribution in [0.5, 0.6) is 0 Å². The highest BCUT2D eigenvalue weighted by atomic mass is 79.9. The summed E-state index contributed by atoms with van der Waals surface area (Å²) in [5.41, 5.74) is 9.06. The maximum absolute atomic E-state index is 7.65. The Balaban J connectivity index is 2.71. The van der Waals surface area contributed by atoms with Crippen molar-refractivity contribution >= 4 is 21.8 Å². The summed E-state index contributed by atoms with van der Waals surface area (Å²) >= 11 is 3.41. The normalized spacial score (nSPS) is 10.5. The molecule has 0 atom stereocenters. The summed E-state index contributed by atoms with van der Waals surface area (Å²) in [5, 5.41) is 12.1. The highest BCUT2D eigenvalue weighted by Crippen LogP contribution is 2.24. The van der Waals surface area contributed by atoms with E-state index in [1.165, 1.54) is 0 Å². The van der Waals surface area contributed by atoms with Gasteiger partial charge in [-0.1, -0.05) is 6.07 Å². The van der Waals surface area contributed by atoms with Crippen LogP contribution in [0.15, 0.2) is 28.7 Å². The number of nitrogen functional groups attached to an aromatic ring is 1. The van der Waals surface area contributed by atoms with Crippen molar-refractivity contribution in [3.05, 3.63) is 45.7 Å². The number of aromatic nitrogens is 2. The number of halogens is 1. The molecule has 2 rings (SSSR count). The smallest absolute Gasteiger partial charge is 0.126 e. The second-order valence-corrected chi connectivity index (χ2v) is 4.74. The van der Waals surface area contributed by atoms with E-state index in [1.807, 2.05) is 38.1 Å². The summed E-state index contributed by atoms with van der Waals surface area (Å²) in [5.74, 6) is 0.0278. The molecule has 0 amide bonds. The Labute approximate surface area is 108 Å². The summed E-state index contributed by atoms with van der Waals surface area (Å²) in [6.07, 6.45) is 0. The second-order valence-electron chi connectivity index (χ2n) is 3.89. The topological polar surface area (TPSA) is 67.7 Å². The maximum atomic E-state index is 7.65. The van der Waals surface area contributed by atoms with Crippen molar-refractivity contribution in [2.75, 3.05) is 0 Å². The molecule has 2 aromatic rings. The van der Waals surface area contributed by atoms with E-state index in [4.69, 9.17) is 11.1 Å². The van der Waals surface area contributed by atoms with Crippen LogP contribution in [0, 0.1) is 19.3 Å². The molecule has 1 heterocycles. The number of hydrogen-bond acceptors (Lipinski definition) is 2. The lowest BCUT2D eigenvalue weighted by Crippen LogP contribution is -2.16. The van der Waals surface area contributed by atoms with Gasteiger partial charge in [-0.3, -0.25) is 5.41 Å². The summed E-state index contributed by atoms with van der Waals surface area (Å²) in [6.45, 7) is 3.92. The van der Waals surface area contributed by atoms with E-state index in [0.717, 1.165) is 21.5 Å². The molecule has 0 unspecified atom stereocenters. The van der Waals surface area contributed by atoms with Gasteiger partial charge < -0.3 is 5.73 Å². The van der Waals surface area contributed by atoms with Crippen molar-refractivity contribution in [2.45, 2.75) is 13.8 Å². The fourth-order valence-electron chi connectivity index (χ4n) is 1.83. The van der Waals surface area contributed by atoms with Crippen LogP contribution in [-0.2, 0) is 0 Å². The first-order valence-electron chi connectivity index (χ1n) is 5.17. The van der Waals surface area contributed by atoms with Crippen LogP contribution in [0.3, 0.4) is 0 Å². The van der Waals surface area contributed by atoms with Crippen molar-refractivity contribution in [1.82, 2.24) is 9.78 Å². The molecule has 0 aliphatic rings. The number of nitrogens with two attached hydrogens (primary N) is 1. The van der Waals surface area contributed by atoms with Crippen LogP contribution in [0.1, 0.15) is 17.0 Å². The van der Waals surface area contributed by atoms with Gasteiger partial charge >= 0.3 is 0 Å². The largest absolute Gasteiger partial charge is 0.384 e. The number of aryl methyl sites for hydroxylation is 2. The number of benzene rings is 1. The van der Waals surface area contributed by atoms with E-state index in [9.17, 15) is 0 Å². The van der Waals surface area contributed by atoms with Gasteiger partial charge in [0, 0.05) is 10.2 Å². The Bertz CT molecular complexity index is 586. The lowest BCUT2D eigenvalue weighted by Gasteiger charge is -2.11. The zero-order valence-electron chi connectivity index (χ0n) is 9.66. The minimum atomic E-state index is 0.0278. The summed E-state index contributed by atoms with van der Waals surface area (Å²) in [7, 11) is 0. The molecule has 0 fully saturated rings. The SMILES string of the molecule is Cc1cc(C)n(-c2cccc(Br)c2C(=N)N)n1. The third kappa shape index (κ3) is 2.10. The Morgan fingerprint density at radius 2 is 2.12 bits per heavy atom. The van der Waals surface area contributed by atoms with Crippen molar-refractivity contribution < 1.29 is 0 Å². The van der Waals surface area contributed by atoms with Crippen LogP contribution < -0.4 is 5.73 Å². The fourth-order valence-corrected chi connectivity index (χ4v) is 2.40. The number of nitrogens with one attached hydrogen (secondary N) is 1. The predicted octanol–water partition coefficient (Wildman–Crippen LogP) is 2.54. The van der Waals surface area contributed by atoms with Gasteiger partial charge in [0.2, 0.25) is 0 Å². The predicted molar refractivity (Wildman–Crippen MR) is 71.8 cm³/mol. The van der Waals surface area contributed by atoms with Gasteiger partial charge in [0.1, 0.15) is 5.84 Å². The first-order valence-corrected chi connectivity index (χ1v) is 5.96. The highest BCUT2D eigenvalue weighted by molar-refractivity contribution is 9.10. The lowest BCUT2D eigenvalue weighted by atomic mass is 10.1. The molecule has 0 saturated heterocycles. The van der Waals surface area contributed by atoms with E-state index in [0.29, 0.717) is 5.56 Å². The molecule has 0 saturated carbocycles. The first kappa shape index (κ1) is 11.9. The molecule has 4 nitrogen and oxygen atoms in total. The molecule has 1 aromatic carbocycles. The Hall–Kier alpha value is -1.62. The molecule has 1 aromatic heterocycles. The van der Waals surface area contributed by atoms with Gasteiger partial charge in [-0.05, 0) is 48.0 Å². The average Bonchev–Trinajstić information content (AvgIpc) is 2.56. The number of nitrogens with zero attached hydrogens (tertiary/aromatic N) is 2. The number of hydrogen-bond donors (Lipinski definition) is 2. The minimum absolute atomic E-state index is 0.0278. The fraction of sp³-hybridized carbons (Fsp3) is 0.167. The van der Waals surface area contributed by atoms with Crippen LogP contribution in [0.2, 0.25) is 0 Å². The zero-order chi connectivity index (χ0) is 12.6. The number of amidine groups is 1. The minimum Gasteiger partial charge on any atom is -0.384 e. The van der Waals surface area contributed by atoms with Gasteiger partial charge in [0.05, 0.1) is 16.9 Å². The van der Waals surface area contributed by atoms with Gasteiger partial charge in [-0.25, -0.2) is 4.68 Å². The molecular weight excluding hydrogens is 280 g/mol. The molecule has 0 spiro atoms. The van der Waals surface area contributed by atoms with E-state index in [1.54, 1.807) is 4.68 Å². The lowest BCUT2D eigenvalue weighted by molar-refractivity contribution is 0.831. The second kappa shape index (κ2) is 4.33. The van der Waals surface area contributed by atoms with Crippen LogP contribution in [0.25, 0.3) is 5.69 Å². The summed E-state index contributed by atoms with van der Waals surface area (Å²) < 4.78 is 2.60. The van der Waals surface area contributed by atoms with Gasteiger partial charge in [0.15, 0.2) is 0 Å². The van der Waals surface area contributed by atoms with Crippen LogP contribution in [-0.4, -0.2) is 15.6 Å². The Morgan fingerprint density at radius 3 is 2.65 bits per heavy atom. The van der Waals surface area contributed by atoms with Crippen molar-refractivity contribution in [1.29, 1.82) is 5.41 Å². The van der Waals surface area contributed by atoms with E-state index in [2.05, 4.69) is 21.0 Å². The third-order valence-electron chi connectivity index (χ3n) is 2.50. The molecule has 3 N–H and O–H groups in total. The molecule has 5 heteroatoms. The van der Waals surface area contributed by atoms with E-state index >= 15 is 0 Å². The highest BCUT2D eigenvalue weighted by Gasteiger charge is 2.13. The van der Waals surface area contributed by atoms with Crippen molar-refractivity contribution in [3.8, 4) is 5.69 Å². The van der Waals surface area contributed by atoms with Crippen molar-refractivity contribution in [3.63, 3.8) is 0 Å². The first-order chi connectivity index (χ1) is 8.00. The van der Waals surface area contributed by atoms with E-state index in [-0.39, 0.29) is 5.84 Å². The molecular formula is C12H13BrN4. The Kier molecular flexibility index (Phi) is 3.02. The standard InChI is InChI=1S/C12H13BrN4/c1-7-6-8(2)17(16-7)10-5-3-4-9(13)11(10)12(14)15/h3-6H,1-2H3,(H3,14,15). The van der Waals surface area contributed by atoms with Gasteiger partial charge in [-0.15, -0.1) is 0 Å². The molecule has 88 valence electrons. The molecule has 0 aliphatic heterocycles. The molecule has 17 heavy (non-hydrogen) atoms. The van der Waals surface area contributed by atoms with Gasteiger partial charge in [0.25, 0.3) is 0 Å². The maximum Gasteiger partial charge on any atom is 0.126 e. The summed E-state index contributed by atoms with van der Waals surface area (Å²) in [4.78, 5) is 0. The van der Waals surface area contributed by atoms with E-state index < -0.39 is 0 Å². The van der Waals surface area contributed by atoms with Crippen LogP contribution in [0.4, 0.5) is 0 Å². The van der Waals surface area contributed by atoms with Crippen LogP contribution >= 0.6 is 15.9 Å². The zero-order valence-corrected chi connectivity index (χ0v) is 11.2. The Morgan fingerprint density at radius 1 is 1.41 bits per heavy atom. The van der Waals surface area contributed by atoms with Crippen molar-refractivity contribution in [2.24, 2.45) is 5.73 Å². The van der Waals surface area contributed by atoms with Gasteiger partial charge in [-0.2, -0.15) is 5.10 Å². The quantitative estimate of drug-likeness (QED) is 0.660. The summed E-state index contributed by atoms with van der Waals surface area (Å²) in [6, 6.07) is 7.67.